The smallest absolute Gasteiger partial charge is 0.317 e. The zero-order valence-corrected chi connectivity index (χ0v) is 15.2. The summed E-state index contributed by atoms with van der Waals surface area (Å²) in [5, 5.41) is 9.05. The highest BCUT2D eigenvalue weighted by molar-refractivity contribution is 8.00. The number of carboxylic acids is 1. The number of halogens is 1. The number of aliphatic carboxylic acids is 1. The number of carbonyl (C=O) groups excluding carboxylic acids is 1. The lowest BCUT2D eigenvalue weighted by Crippen LogP contribution is -2.39. The van der Waals surface area contributed by atoms with Gasteiger partial charge in [-0.3, -0.25) is 14.4 Å². The van der Waals surface area contributed by atoms with E-state index in [9.17, 15) is 23.9 Å². The number of furan rings is 1. The van der Waals surface area contributed by atoms with Crippen LogP contribution in [0.15, 0.2) is 56.9 Å². The molecule has 138 valence electrons. The van der Waals surface area contributed by atoms with Gasteiger partial charge in [0.1, 0.15) is 16.8 Å². The van der Waals surface area contributed by atoms with Gasteiger partial charge in [0.2, 0.25) is 0 Å². The monoisotopic (exact) mass is 405 g/mol. The van der Waals surface area contributed by atoms with E-state index in [0.717, 1.165) is 35.2 Å². The lowest BCUT2D eigenvalue weighted by Gasteiger charge is -2.33. The van der Waals surface area contributed by atoms with Gasteiger partial charge in [-0.1, -0.05) is 23.1 Å². The molecule has 4 rings (SSSR count). The average Bonchev–Trinajstić information content (AvgIpc) is 3.28. The van der Waals surface area contributed by atoms with E-state index in [0.29, 0.717) is 15.7 Å². The number of ketones is 1. The molecule has 3 heterocycles. The Balaban J connectivity index is 1.88. The van der Waals surface area contributed by atoms with Crippen LogP contribution in [-0.2, 0) is 4.79 Å². The molecule has 1 aliphatic heterocycles. The van der Waals surface area contributed by atoms with Crippen LogP contribution < -0.4 is 4.87 Å². The highest BCUT2D eigenvalue weighted by Gasteiger charge is 2.48. The van der Waals surface area contributed by atoms with Gasteiger partial charge in [-0.2, -0.15) is 0 Å². The van der Waals surface area contributed by atoms with E-state index >= 15 is 0 Å². The largest absolute Gasteiger partial charge is 0.480 e. The van der Waals surface area contributed by atoms with Crippen LogP contribution in [0.4, 0.5) is 4.39 Å². The zero-order chi connectivity index (χ0) is 19.1. The van der Waals surface area contributed by atoms with Gasteiger partial charge in [0.05, 0.1) is 28.0 Å². The van der Waals surface area contributed by atoms with E-state index in [1.54, 1.807) is 12.1 Å². The molecule has 0 aliphatic carbocycles. The number of carbonyl (C=O) groups is 2. The summed E-state index contributed by atoms with van der Waals surface area (Å²) in [7, 11) is 0. The van der Waals surface area contributed by atoms with Crippen LogP contribution in [0.1, 0.15) is 26.9 Å². The number of thiazole rings is 1. The predicted molar refractivity (Wildman–Crippen MR) is 97.0 cm³/mol. The fourth-order valence-corrected chi connectivity index (χ4v) is 5.63. The summed E-state index contributed by atoms with van der Waals surface area (Å²) in [5.74, 6) is -3.44. The molecule has 6 nitrogen and oxygen atoms in total. The maximum Gasteiger partial charge on any atom is 0.317 e. The van der Waals surface area contributed by atoms with Crippen molar-refractivity contribution in [3.8, 4) is 0 Å². The first-order valence-electron chi connectivity index (χ1n) is 7.91. The summed E-state index contributed by atoms with van der Waals surface area (Å²) in [5.41, 5.74) is 0.205. The lowest BCUT2D eigenvalue weighted by atomic mass is 9.80. The minimum atomic E-state index is -1.17. The molecule has 1 aromatic carbocycles. The molecule has 0 fully saturated rings. The normalized spacial score (nSPS) is 21.6. The fraction of sp³-hybridized carbons (Fsp3) is 0.167. The topological polar surface area (TPSA) is 100 Å². The van der Waals surface area contributed by atoms with Gasteiger partial charge in [-0.25, -0.2) is 4.39 Å². The van der Waals surface area contributed by atoms with Gasteiger partial charge in [-0.15, -0.1) is 0 Å². The highest BCUT2D eigenvalue weighted by Crippen LogP contribution is 2.50. The fourth-order valence-electron chi connectivity index (χ4n) is 3.23. The molecule has 2 aromatic heterocycles. The van der Waals surface area contributed by atoms with Gasteiger partial charge < -0.3 is 14.5 Å². The number of thioether (sulfide) groups is 1. The number of H-pyrrole nitrogens is 1. The first-order valence-corrected chi connectivity index (χ1v) is 9.61. The van der Waals surface area contributed by atoms with E-state index in [4.69, 9.17) is 4.42 Å². The number of benzene rings is 1. The van der Waals surface area contributed by atoms with E-state index in [-0.39, 0.29) is 10.4 Å². The Morgan fingerprint density at radius 2 is 1.93 bits per heavy atom. The number of nitrogens with one attached hydrogen (secondary N) is 1. The average molecular weight is 405 g/mol. The third kappa shape index (κ3) is 3.13. The summed E-state index contributed by atoms with van der Waals surface area (Å²) in [4.78, 5) is 39.9. The molecule has 9 heteroatoms. The summed E-state index contributed by atoms with van der Waals surface area (Å²) < 4.78 is 18.7. The SMILES string of the molecule is O=C(c1ccc(F)cc1)[C@H]1[C@H](c2ccco2)c2sc(=O)[nH]c2S[C@@H]1C(=O)O. The highest BCUT2D eigenvalue weighted by atomic mass is 32.2. The maximum absolute atomic E-state index is 13.2. The van der Waals surface area contributed by atoms with Crippen molar-refractivity contribution in [2.24, 2.45) is 5.92 Å². The zero-order valence-electron chi connectivity index (χ0n) is 13.5. The summed E-state index contributed by atoms with van der Waals surface area (Å²) in [6.45, 7) is 0. The minimum absolute atomic E-state index is 0.205. The molecule has 0 bridgehead atoms. The van der Waals surface area contributed by atoms with Crippen molar-refractivity contribution in [1.82, 2.24) is 4.98 Å². The third-order valence-corrected chi connectivity index (χ3v) is 6.78. The van der Waals surface area contributed by atoms with Crippen molar-refractivity contribution in [2.45, 2.75) is 16.2 Å². The number of aromatic amines is 1. The van der Waals surface area contributed by atoms with Crippen LogP contribution in [0, 0.1) is 11.7 Å². The van der Waals surface area contributed by atoms with Crippen LogP contribution in [0.25, 0.3) is 0 Å². The Kier molecular flexibility index (Phi) is 4.48. The molecule has 0 saturated carbocycles. The molecular weight excluding hydrogens is 393 g/mol. The molecule has 27 heavy (non-hydrogen) atoms. The number of aromatic nitrogens is 1. The van der Waals surface area contributed by atoms with Gasteiger partial charge in [0, 0.05) is 5.56 Å². The van der Waals surface area contributed by atoms with E-state index in [1.165, 1.54) is 18.4 Å². The Labute approximate surface area is 160 Å². The molecule has 0 spiro atoms. The van der Waals surface area contributed by atoms with E-state index in [1.807, 2.05) is 0 Å². The van der Waals surface area contributed by atoms with Crippen LogP contribution in [0.2, 0.25) is 0 Å². The lowest BCUT2D eigenvalue weighted by molar-refractivity contribution is -0.137. The van der Waals surface area contributed by atoms with Gasteiger partial charge in [0.15, 0.2) is 5.78 Å². The van der Waals surface area contributed by atoms with Crippen molar-refractivity contribution < 1.29 is 23.5 Å². The Morgan fingerprint density at radius 1 is 1.19 bits per heavy atom. The predicted octanol–water partition coefficient (Wildman–Crippen LogP) is 3.36. The molecule has 3 atom stereocenters. The summed E-state index contributed by atoms with van der Waals surface area (Å²) in [6.07, 6.45) is 1.43. The molecule has 0 radical (unpaired) electrons. The quantitative estimate of drug-likeness (QED) is 0.646. The second kappa shape index (κ2) is 6.82. The molecule has 0 amide bonds. The number of carboxylic acid groups (broad SMARTS) is 1. The number of fused-ring (bicyclic) bond motifs is 1. The van der Waals surface area contributed by atoms with Crippen molar-refractivity contribution in [2.75, 3.05) is 0 Å². The van der Waals surface area contributed by atoms with Crippen LogP contribution in [0.3, 0.4) is 0 Å². The molecular formula is C18H12FNO5S2. The maximum atomic E-state index is 13.2. The molecule has 2 N–H and O–H groups in total. The van der Waals surface area contributed by atoms with E-state index in [2.05, 4.69) is 4.98 Å². The van der Waals surface area contributed by atoms with Crippen molar-refractivity contribution in [3.63, 3.8) is 0 Å². The van der Waals surface area contributed by atoms with Gasteiger partial charge in [-0.05, 0) is 36.4 Å². The first-order chi connectivity index (χ1) is 13.0. The van der Waals surface area contributed by atoms with Crippen LogP contribution in [-0.4, -0.2) is 27.1 Å². The second-order valence-corrected chi connectivity index (χ2v) is 8.14. The molecule has 0 saturated heterocycles. The first kappa shape index (κ1) is 17.7. The number of hydrogen-bond acceptors (Lipinski definition) is 6. The molecule has 3 aromatic rings. The number of hydrogen-bond donors (Lipinski definition) is 2. The van der Waals surface area contributed by atoms with Gasteiger partial charge in [0.25, 0.3) is 0 Å². The third-order valence-electron chi connectivity index (χ3n) is 4.38. The Bertz CT molecular complexity index is 1050. The second-order valence-electron chi connectivity index (χ2n) is 5.97. The summed E-state index contributed by atoms with van der Waals surface area (Å²) >= 11 is 1.87. The summed E-state index contributed by atoms with van der Waals surface area (Å²) in [6, 6.07) is 8.26. The van der Waals surface area contributed by atoms with Gasteiger partial charge >= 0.3 is 10.8 Å². The molecule has 1 aliphatic rings. The van der Waals surface area contributed by atoms with Crippen molar-refractivity contribution >= 4 is 34.9 Å². The van der Waals surface area contributed by atoms with Crippen LogP contribution in [0.5, 0.6) is 0 Å². The minimum Gasteiger partial charge on any atom is -0.480 e. The number of Topliss-reactive ketones (excluding diaryl/α,β-unsaturated/α-hetero) is 1. The van der Waals surface area contributed by atoms with Crippen LogP contribution >= 0.6 is 23.1 Å². The Morgan fingerprint density at radius 3 is 2.56 bits per heavy atom. The standard InChI is InChI=1S/C18H12FNO5S2/c19-9-5-3-8(4-6-9)13(21)12-11(10-2-1-7-25-10)14-16(20-18(24)27-14)26-15(12)17(22)23/h1-7,11-12,15H,(H,20,24)(H,22,23)/t11-,12+,15-/m0/s1. The molecule has 0 unspecified atom stereocenters. The van der Waals surface area contributed by atoms with Crippen molar-refractivity contribution in [3.05, 3.63) is 74.3 Å². The van der Waals surface area contributed by atoms with E-state index < -0.39 is 34.7 Å². The van der Waals surface area contributed by atoms with Crippen molar-refractivity contribution in [1.29, 1.82) is 0 Å². The Hall–Kier alpha value is -2.65. The number of rotatable bonds is 4.